The third kappa shape index (κ3) is 4.06. The molecule has 6 heteroatoms. The number of rotatable bonds is 0. The Morgan fingerprint density at radius 2 is 1.88 bits per heavy atom. The fourth-order valence-corrected chi connectivity index (χ4v) is 1.03. The highest BCUT2D eigenvalue weighted by atomic mass is 19.4. The number of H-pyrrole nitrogens is 1. The first-order valence-corrected chi connectivity index (χ1v) is 4.91. The summed E-state index contributed by atoms with van der Waals surface area (Å²) in [5, 5.41) is 0. The van der Waals surface area contributed by atoms with Crippen LogP contribution in [0.5, 0.6) is 0 Å². The number of aromatic amines is 1. The molecule has 3 N–H and O–H groups in total. The van der Waals surface area contributed by atoms with Crippen LogP contribution in [0.4, 0.5) is 13.2 Å². The van der Waals surface area contributed by atoms with E-state index < -0.39 is 17.3 Å². The Labute approximate surface area is 90.5 Å². The lowest BCUT2D eigenvalue weighted by atomic mass is 9.95. The van der Waals surface area contributed by atoms with Crippen molar-refractivity contribution in [1.29, 1.82) is 0 Å². The summed E-state index contributed by atoms with van der Waals surface area (Å²) in [5.41, 5.74) is 3.99. The zero-order valence-corrected chi connectivity index (χ0v) is 8.55. The van der Waals surface area contributed by atoms with Crippen molar-refractivity contribution in [2.45, 2.75) is 31.5 Å². The Morgan fingerprint density at radius 1 is 1.31 bits per heavy atom. The highest BCUT2D eigenvalue weighted by Gasteiger charge is 2.30. The lowest BCUT2D eigenvalue weighted by Crippen LogP contribution is -2.27. The van der Waals surface area contributed by atoms with Crippen LogP contribution in [0.1, 0.15) is 24.8 Å². The summed E-state index contributed by atoms with van der Waals surface area (Å²) >= 11 is 0. The molecule has 0 bridgehead atoms. The van der Waals surface area contributed by atoms with Gasteiger partial charge >= 0.3 is 6.18 Å². The van der Waals surface area contributed by atoms with Crippen molar-refractivity contribution in [2.24, 2.45) is 5.73 Å². The molecule has 1 heterocycles. The molecule has 1 aromatic heterocycles. The van der Waals surface area contributed by atoms with Crippen molar-refractivity contribution in [3.8, 4) is 0 Å². The predicted octanol–water partition coefficient (Wildman–Crippen LogP) is 1.89. The Hall–Kier alpha value is -1.30. The molecule has 2 rings (SSSR count). The maximum Gasteiger partial charge on any atom is 0.417 e. The molecule has 0 aliphatic heterocycles. The second-order valence-electron chi connectivity index (χ2n) is 3.63. The Balaban J connectivity index is 0.000000212. The van der Waals surface area contributed by atoms with E-state index in [0.717, 1.165) is 12.1 Å². The summed E-state index contributed by atoms with van der Waals surface area (Å²) in [6.07, 6.45) is 0.147. The van der Waals surface area contributed by atoms with Gasteiger partial charge in [-0.2, -0.15) is 13.2 Å². The molecular weight excluding hydrogens is 221 g/mol. The Morgan fingerprint density at radius 3 is 2.12 bits per heavy atom. The minimum Gasteiger partial charge on any atom is -0.329 e. The van der Waals surface area contributed by atoms with Crippen LogP contribution in [-0.2, 0) is 6.18 Å². The molecule has 1 aliphatic carbocycles. The molecule has 1 aliphatic rings. The molecular formula is C10H13F3N2O. The molecule has 16 heavy (non-hydrogen) atoms. The second kappa shape index (κ2) is 5.16. The molecule has 1 aromatic rings. The molecule has 0 amide bonds. The maximum atomic E-state index is 11.8. The van der Waals surface area contributed by atoms with Crippen molar-refractivity contribution >= 4 is 0 Å². The normalized spacial score (nSPS) is 16.0. The number of nitrogens with one attached hydrogen (secondary N) is 1. The standard InChI is InChI=1S/C6H4F3NO.C4H9N/c7-6(8,9)4-1-2-5(11)10-3-4;5-4-2-1-3-4/h1-3H,(H,10,11);4H,1-3,5H2. The maximum absolute atomic E-state index is 11.8. The van der Waals surface area contributed by atoms with Crippen molar-refractivity contribution in [2.75, 3.05) is 0 Å². The van der Waals surface area contributed by atoms with E-state index in [4.69, 9.17) is 5.73 Å². The van der Waals surface area contributed by atoms with Gasteiger partial charge < -0.3 is 10.7 Å². The Bertz CT molecular complexity index is 362. The van der Waals surface area contributed by atoms with Crippen LogP contribution >= 0.6 is 0 Å². The number of aromatic nitrogens is 1. The highest BCUT2D eigenvalue weighted by Crippen LogP contribution is 2.27. The van der Waals surface area contributed by atoms with Crippen LogP contribution in [0.25, 0.3) is 0 Å². The smallest absolute Gasteiger partial charge is 0.329 e. The lowest BCUT2D eigenvalue weighted by Gasteiger charge is -2.18. The number of hydrogen-bond acceptors (Lipinski definition) is 2. The van der Waals surface area contributed by atoms with Gasteiger partial charge in [-0.25, -0.2) is 0 Å². The number of alkyl halides is 3. The van der Waals surface area contributed by atoms with Gasteiger partial charge in [-0.15, -0.1) is 0 Å². The van der Waals surface area contributed by atoms with Crippen molar-refractivity contribution in [3.05, 3.63) is 34.2 Å². The highest BCUT2D eigenvalue weighted by molar-refractivity contribution is 5.11. The van der Waals surface area contributed by atoms with E-state index in [1.54, 1.807) is 0 Å². The third-order valence-electron chi connectivity index (χ3n) is 2.26. The van der Waals surface area contributed by atoms with Gasteiger partial charge in [-0.1, -0.05) is 6.42 Å². The first-order chi connectivity index (χ1) is 7.39. The molecule has 0 saturated heterocycles. The summed E-state index contributed by atoms with van der Waals surface area (Å²) in [6.45, 7) is 0. The van der Waals surface area contributed by atoms with E-state index >= 15 is 0 Å². The van der Waals surface area contributed by atoms with E-state index in [1.165, 1.54) is 19.3 Å². The van der Waals surface area contributed by atoms with Crippen molar-refractivity contribution < 1.29 is 13.2 Å². The largest absolute Gasteiger partial charge is 0.417 e. The summed E-state index contributed by atoms with van der Waals surface area (Å²) < 4.78 is 35.4. The van der Waals surface area contributed by atoms with Gasteiger partial charge in [0, 0.05) is 18.3 Å². The first-order valence-electron chi connectivity index (χ1n) is 4.91. The van der Waals surface area contributed by atoms with Gasteiger partial charge in [-0.3, -0.25) is 4.79 Å². The van der Waals surface area contributed by atoms with Crippen LogP contribution in [-0.4, -0.2) is 11.0 Å². The summed E-state index contributed by atoms with van der Waals surface area (Å²) in [4.78, 5) is 12.3. The van der Waals surface area contributed by atoms with Crippen LogP contribution in [0.3, 0.4) is 0 Å². The lowest BCUT2D eigenvalue weighted by molar-refractivity contribution is -0.137. The van der Waals surface area contributed by atoms with E-state index in [9.17, 15) is 18.0 Å². The quantitative estimate of drug-likeness (QED) is 0.720. The molecule has 0 radical (unpaired) electrons. The van der Waals surface area contributed by atoms with Crippen LogP contribution in [0.2, 0.25) is 0 Å². The van der Waals surface area contributed by atoms with Gasteiger partial charge in [0.05, 0.1) is 5.56 Å². The van der Waals surface area contributed by atoms with Crippen LogP contribution < -0.4 is 11.3 Å². The molecule has 90 valence electrons. The van der Waals surface area contributed by atoms with Gasteiger partial charge in [0.15, 0.2) is 0 Å². The fraction of sp³-hybridized carbons (Fsp3) is 0.500. The van der Waals surface area contributed by atoms with Gasteiger partial charge in [0.1, 0.15) is 0 Å². The average molecular weight is 234 g/mol. The van der Waals surface area contributed by atoms with Gasteiger partial charge in [0.2, 0.25) is 5.56 Å². The number of halogens is 3. The van der Waals surface area contributed by atoms with Gasteiger partial charge in [-0.05, 0) is 18.9 Å². The van der Waals surface area contributed by atoms with Crippen molar-refractivity contribution in [1.82, 2.24) is 4.98 Å². The first kappa shape index (κ1) is 12.8. The molecule has 0 unspecified atom stereocenters. The Kier molecular flexibility index (Phi) is 4.12. The minimum atomic E-state index is -4.38. The van der Waals surface area contributed by atoms with Gasteiger partial charge in [0.25, 0.3) is 0 Å². The fourth-order valence-electron chi connectivity index (χ4n) is 1.03. The number of hydrogen-bond donors (Lipinski definition) is 2. The zero-order valence-electron chi connectivity index (χ0n) is 8.55. The molecule has 0 aromatic carbocycles. The monoisotopic (exact) mass is 234 g/mol. The molecule has 1 saturated carbocycles. The molecule has 1 fully saturated rings. The zero-order chi connectivity index (χ0) is 12.2. The summed E-state index contributed by atoms with van der Waals surface area (Å²) in [6, 6.07) is 2.14. The molecule has 0 spiro atoms. The SMILES string of the molecule is NC1CCC1.O=c1ccc(C(F)(F)F)c[nH]1. The average Bonchev–Trinajstić information content (AvgIpc) is 2.15. The van der Waals surface area contributed by atoms with E-state index in [-0.39, 0.29) is 0 Å². The number of pyridine rings is 1. The predicted molar refractivity (Wildman–Crippen MR) is 53.9 cm³/mol. The number of nitrogens with two attached hydrogens (primary N) is 1. The van der Waals surface area contributed by atoms with Crippen LogP contribution in [0, 0.1) is 0 Å². The van der Waals surface area contributed by atoms with Crippen LogP contribution in [0.15, 0.2) is 23.1 Å². The van der Waals surface area contributed by atoms with Crippen molar-refractivity contribution in [3.63, 3.8) is 0 Å². The van der Waals surface area contributed by atoms with E-state index in [0.29, 0.717) is 12.2 Å². The van der Waals surface area contributed by atoms with E-state index in [1.807, 2.05) is 4.98 Å². The summed E-state index contributed by atoms with van der Waals surface area (Å²) in [5.74, 6) is 0. The minimum absolute atomic E-state index is 0.544. The second-order valence-corrected chi connectivity index (χ2v) is 3.63. The topological polar surface area (TPSA) is 58.9 Å². The third-order valence-corrected chi connectivity index (χ3v) is 2.26. The van der Waals surface area contributed by atoms with E-state index in [2.05, 4.69) is 0 Å². The molecule has 3 nitrogen and oxygen atoms in total. The molecule has 0 atom stereocenters. The summed E-state index contributed by atoms with van der Waals surface area (Å²) in [7, 11) is 0.